The maximum atomic E-state index is 6.22. The van der Waals surface area contributed by atoms with E-state index in [9.17, 15) is 0 Å². The topological polar surface area (TPSA) is 35.2 Å². The number of hydrogen-bond donors (Lipinski definition) is 1. The van der Waals surface area contributed by atoms with Crippen LogP contribution >= 0.6 is 0 Å². The van der Waals surface area contributed by atoms with Crippen molar-refractivity contribution in [3.63, 3.8) is 0 Å². The molecule has 0 amide bonds. The Balaban J connectivity index is 2.36. The van der Waals surface area contributed by atoms with Crippen molar-refractivity contribution in [2.75, 3.05) is 0 Å². The van der Waals surface area contributed by atoms with Gasteiger partial charge in [-0.1, -0.05) is 13.8 Å². The SMILES string of the molecule is CC1(C)[C@@H]2CC[C@@H](O2)[C@]1(C)N. The number of fused-ring (bicyclic) bond motifs is 2. The predicted octanol–water partition coefficient (Wildman–Crippen LogP) is 1.29. The molecule has 2 nitrogen and oxygen atoms in total. The van der Waals surface area contributed by atoms with Crippen LogP contribution in [0.5, 0.6) is 0 Å². The smallest absolute Gasteiger partial charge is 0.0763 e. The Labute approximate surface area is 68.1 Å². The first kappa shape index (κ1) is 7.56. The van der Waals surface area contributed by atoms with Gasteiger partial charge in [-0.2, -0.15) is 0 Å². The molecule has 0 aromatic carbocycles. The lowest BCUT2D eigenvalue weighted by molar-refractivity contribution is 0.0736. The van der Waals surface area contributed by atoms with E-state index in [0.29, 0.717) is 12.2 Å². The highest BCUT2D eigenvalue weighted by atomic mass is 16.5. The van der Waals surface area contributed by atoms with Gasteiger partial charge >= 0.3 is 0 Å². The quantitative estimate of drug-likeness (QED) is 0.572. The molecule has 11 heavy (non-hydrogen) atoms. The van der Waals surface area contributed by atoms with Crippen LogP contribution in [0, 0.1) is 5.41 Å². The van der Waals surface area contributed by atoms with Crippen LogP contribution in [0.1, 0.15) is 33.6 Å². The summed E-state index contributed by atoms with van der Waals surface area (Å²) in [5.74, 6) is 0. The van der Waals surface area contributed by atoms with Gasteiger partial charge in [0, 0.05) is 11.0 Å². The Morgan fingerprint density at radius 2 is 1.73 bits per heavy atom. The Kier molecular flexibility index (Phi) is 1.24. The molecule has 0 aromatic heterocycles. The van der Waals surface area contributed by atoms with Gasteiger partial charge in [0.2, 0.25) is 0 Å². The largest absolute Gasteiger partial charge is 0.372 e. The first-order valence-corrected chi connectivity index (χ1v) is 4.40. The highest BCUT2D eigenvalue weighted by Gasteiger charge is 2.59. The molecule has 64 valence electrons. The Morgan fingerprint density at radius 3 is 2.00 bits per heavy atom. The van der Waals surface area contributed by atoms with Crippen LogP contribution in [-0.2, 0) is 4.74 Å². The molecule has 2 aliphatic heterocycles. The zero-order valence-corrected chi connectivity index (χ0v) is 7.55. The molecule has 2 aliphatic rings. The molecule has 2 N–H and O–H groups in total. The average molecular weight is 155 g/mol. The van der Waals surface area contributed by atoms with Gasteiger partial charge in [0.05, 0.1) is 12.2 Å². The molecular weight excluding hydrogens is 138 g/mol. The van der Waals surface area contributed by atoms with E-state index in [1.165, 1.54) is 6.42 Å². The summed E-state index contributed by atoms with van der Waals surface area (Å²) in [6.45, 7) is 6.56. The second-order valence-electron chi connectivity index (χ2n) is 4.70. The first-order chi connectivity index (χ1) is 4.96. The van der Waals surface area contributed by atoms with Crippen molar-refractivity contribution >= 4 is 0 Å². The van der Waals surface area contributed by atoms with E-state index in [2.05, 4.69) is 20.8 Å². The molecule has 0 saturated carbocycles. The van der Waals surface area contributed by atoms with E-state index >= 15 is 0 Å². The van der Waals surface area contributed by atoms with Crippen molar-refractivity contribution in [3.8, 4) is 0 Å². The number of nitrogens with two attached hydrogens (primary N) is 1. The van der Waals surface area contributed by atoms with E-state index in [-0.39, 0.29) is 11.0 Å². The van der Waals surface area contributed by atoms with Crippen molar-refractivity contribution in [3.05, 3.63) is 0 Å². The van der Waals surface area contributed by atoms with Crippen LogP contribution in [0.4, 0.5) is 0 Å². The van der Waals surface area contributed by atoms with E-state index in [0.717, 1.165) is 6.42 Å². The summed E-state index contributed by atoms with van der Waals surface area (Å²) < 4.78 is 5.78. The standard InChI is InChI=1S/C9H17NO/c1-8(2)6-4-5-7(11-6)9(8,3)10/h6-7H,4-5,10H2,1-3H3/t6-,7+,9-/m0/s1. The predicted molar refractivity (Wildman–Crippen MR) is 44.3 cm³/mol. The fourth-order valence-electron chi connectivity index (χ4n) is 2.37. The minimum absolute atomic E-state index is 0.115. The number of hydrogen-bond acceptors (Lipinski definition) is 2. The zero-order valence-electron chi connectivity index (χ0n) is 7.55. The molecule has 2 saturated heterocycles. The lowest BCUT2D eigenvalue weighted by Gasteiger charge is -2.41. The summed E-state index contributed by atoms with van der Waals surface area (Å²) in [7, 11) is 0. The van der Waals surface area contributed by atoms with Crippen molar-refractivity contribution in [1.82, 2.24) is 0 Å². The summed E-state index contributed by atoms with van der Waals surface area (Å²) in [6, 6.07) is 0. The summed E-state index contributed by atoms with van der Waals surface area (Å²) >= 11 is 0. The van der Waals surface area contributed by atoms with Crippen LogP contribution in [0.3, 0.4) is 0 Å². The third-order valence-electron chi connectivity index (χ3n) is 3.88. The summed E-state index contributed by atoms with van der Waals surface area (Å²) in [6.07, 6.45) is 3.07. The van der Waals surface area contributed by atoms with Gasteiger partial charge < -0.3 is 10.5 Å². The maximum absolute atomic E-state index is 6.22. The van der Waals surface area contributed by atoms with Crippen LogP contribution in [0.2, 0.25) is 0 Å². The van der Waals surface area contributed by atoms with Crippen LogP contribution in [0.25, 0.3) is 0 Å². The van der Waals surface area contributed by atoms with Gasteiger partial charge in [0.25, 0.3) is 0 Å². The van der Waals surface area contributed by atoms with Crippen LogP contribution in [0.15, 0.2) is 0 Å². The summed E-state index contributed by atoms with van der Waals surface area (Å²) in [4.78, 5) is 0. The van der Waals surface area contributed by atoms with Gasteiger partial charge in [0.15, 0.2) is 0 Å². The normalized spacial score (nSPS) is 53.5. The zero-order chi connectivity index (χ0) is 8.28. The minimum Gasteiger partial charge on any atom is -0.372 e. The van der Waals surface area contributed by atoms with E-state index < -0.39 is 0 Å². The summed E-state index contributed by atoms with van der Waals surface area (Å²) in [5, 5.41) is 0. The maximum Gasteiger partial charge on any atom is 0.0763 e. The Bertz CT molecular complexity index is 166. The van der Waals surface area contributed by atoms with Crippen LogP contribution < -0.4 is 5.73 Å². The molecule has 0 aliphatic carbocycles. The average Bonchev–Trinajstić information content (AvgIpc) is 2.37. The van der Waals surface area contributed by atoms with Gasteiger partial charge in [-0.3, -0.25) is 0 Å². The minimum atomic E-state index is -0.115. The lowest BCUT2D eigenvalue weighted by atomic mass is 9.65. The lowest BCUT2D eigenvalue weighted by Crippen LogP contribution is -2.57. The fraction of sp³-hybridized carbons (Fsp3) is 1.00. The second-order valence-corrected chi connectivity index (χ2v) is 4.70. The number of rotatable bonds is 0. The fourth-order valence-corrected chi connectivity index (χ4v) is 2.37. The van der Waals surface area contributed by atoms with Crippen LogP contribution in [-0.4, -0.2) is 17.7 Å². The van der Waals surface area contributed by atoms with Crippen molar-refractivity contribution in [1.29, 1.82) is 0 Å². The molecule has 0 unspecified atom stereocenters. The van der Waals surface area contributed by atoms with Gasteiger partial charge in [-0.05, 0) is 19.8 Å². The third-order valence-corrected chi connectivity index (χ3v) is 3.88. The Morgan fingerprint density at radius 1 is 1.18 bits per heavy atom. The monoisotopic (exact) mass is 155 g/mol. The van der Waals surface area contributed by atoms with Gasteiger partial charge in [-0.25, -0.2) is 0 Å². The molecule has 2 heterocycles. The van der Waals surface area contributed by atoms with Gasteiger partial charge in [0.1, 0.15) is 0 Å². The van der Waals surface area contributed by atoms with Crippen molar-refractivity contribution in [2.24, 2.45) is 11.1 Å². The molecule has 0 spiro atoms. The van der Waals surface area contributed by atoms with Crippen molar-refractivity contribution in [2.45, 2.75) is 51.4 Å². The van der Waals surface area contributed by atoms with E-state index in [1.807, 2.05) is 0 Å². The molecule has 0 radical (unpaired) electrons. The Hall–Kier alpha value is -0.0800. The molecule has 2 bridgehead atoms. The van der Waals surface area contributed by atoms with Gasteiger partial charge in [-0.15, -0.1) is 0 Å². The third kappa shape index (κ3) is 0.695. The van der Waals surface area contributed by atoms with Crippen molar-refractivity contribution < 1.29 is 4.74 Å². The number of ether oxygens (including phenoxy) is 1. The molecule has 2 fully saturated rings. The highest BCUT2D eigenvalue weighted by molar-refractivity contribution is 5.13. The molecule has 2 rings (SSSR count). The van der Waals surface area contributed by atoms with E-state index in [4.69, 9.17) is 10.5 Å². The second kappa shape index (κ2) is 1.80. The molecule has 2 heteroatoms. The highest BCUT2D eigenvalue weighted by Crippen LogP contribution is 2.52. The molecule has 0 aromatic rings. The molecule has 3 atom stereocenters. The van der Waals surface area contributed by atoms with E-state index in [1.54, 1.807) is 0 Å². The summed E-state index contributed by atoms with van der Waals surface area (Å²) in [5.41, 5.74) is 6.26. The molecular formula is C9H17NO. The first-order valence-electron chi connectivity index (χ1n) is 4.40.